The summed E-state index contributed by atoms with van der Waals surface area (Å²) in [5, 5.41) is 19.1. The Hall–Kier alpha value is -1.14. The first-order chi connectivity index (χ1) is 8.58. The number of likely N-dealkylation sites (tertiary alicyclic amines) is 1. The number of aromatic nitrogens is 1. The van der Waals surface area contributed by atoms with Crippen LogP contribution in [0.5, 0.6) is 0 Å². The van der Waals surface area contributed by atoms with Gasteiger partial charge in [-0.2, -0.15) is 0 Å². The van der Waals surface area contributed by atoms with E-state index in [0.717, 1.165) is 0 Å². The van der Waals surface area contributed by atoms with E-state index >= 15 is 0 Å². The minimum Gasteiger partial charge on any atom is -0.465 e. The summed E-state index contributed by atoms with van der Waals surface area (Å²) < 4.78 is 0.696. The summed E-state index contributed by atoms with van der Waals surface area (Å²) in [4.78, 5) is 16.4. The third-order valence-corrected chi connectivity index (χ3v) is 3.74. The van der Waals surface area contributed by atoms with Crippen molar-refractivity contribution in [2.75, 3.05) is 13.1 Å². The number of carbonyl (C=O) groups is 1. The van der Waals surface area contributed by atoms with Crippen LogP contribution in [0.1, 0.15) is 24.6 Å². The van der Waals surface area contributed by atoms with Crippen molar-refractivity contribution in [2.45, 2.75) is 18.9 Å². The maximum atomic E-state index is 10.8. The Kier molecular flexibility index (Phi) is 4.19. The highest BCUT2D eigenvalue weighted by Gasteiger charge is 2.28. The number of amides is 1. The molecule has 0 bridgehead atoms. The molecule has 1 aromatic heterocycles. The van der Waals surface area contributed by atoms with Gasteiger partial charge < -0.3 is 15.1 Å². The van der Waals surface area contributed by atoms with Gasteiger partial charge >= 0.3 is 6.09 Å². The van der Waals surface area contributed by atoms with Crippen LogP contribution in [0.15, 0.2) is 22.8 Å². The van der Waals surface area contributed by atoms with Gasteiger partial charge in [0.25, 0.3) is 0 Å². The molecule has 1 aliphatic rings. The highest BCUT2D eigenvalue weighted by molar-refractivity contribution is 9.10. The quantitative estimate of drug-likeness (QED) is 0.821. The Balaban J connectivity index is 1.99. The van der Waals surface area contributed by atoms with Gasteiger partial charge in [0.15, 0.2) is 0 Å². The average Bonchev–Trinajstić information content (AvgIpc) is 2.38. The number of rotatable bonds is 2. The van der Waals surface area contributed by atoms with Crippen molar-refractivity contribution < 1.29 is 15.0 Å². The minimum absolute atomic E-state index is 0.0717. The number of hydrogen-bond acceptors (Lipinski definition) is 3. The molecule has 0 aromatic carbocycles. The Morgan fingerprint density at radius 3 is 2.67 bits per heavy atom. The monoisotopic (exact) mass is 314 g/mol. The van der Waals surface area contributed by atoms with Crippen LogP contribution < -0.4 is 0 Å². The zero-order chi connectivity index (χ0) is 13.1. The third-order valence-electron chi connectivity index (χ3n) is 3.30. The van der Waals surface area contributed by atoms with Crippen LogP contribution in [0.2, 0.25) is 0 Å². The number of nitrogens with zero attached hydrogens (tertiary/aromatic N) is 2. The van der Waals surface area contributed by atoms with Crippen LogP contribution in [0.3, 0.4) is 0 Å². The first kappa shape index (κ1) is 13.3. The lowest BCUT2D eigenvalue weighted by atomic mass is 9.89. The van der Waals surface area contributed by atoms with Crippen molar-refractivity contribution >= 4 is 22.0 Å². The van der Waals surface area contributed by atoms with E-state index in [0.29, 0.717) is 36.2 Å². The lowest BCUT2D eigenvalue weighted by Gasteiger charge is -2.32. The third kappa shape index (κ3) is 3.00. The minimum atomic E-state index is -0.886. The molecule has 0 aliphatic carbocycles. The van der Waals surface area contributed by atoms with Gasteiger partial charge in [0, 0.05) is 13.1 Å². The van der Waals surface area contributed by atoms with Crippen LogP contribution in [-0.4, -0.2) is 39.3 Å². The topological polar surface area (TPSA) is 73.7 Å². The lowest BCUT2D eigenvalue weighted by molar-refractivity contribution is 0.0549. The van der Waals surface area contributed by atoms with Crippen LogP contribution >= 0.6 is 15.9 Å². The number of carboxylic acid groups (broad SMARTS) is 1. The normalized spacial score (nSPS) is 18.7. The molecule has 0 radical (unpaired) electrons. The highest BCUT2D eigenvalue weighted by Crippen LogP contribution is 2.30. The molecule has 1 saturated heterocycles. The summed E-state index contributed by atoms with van der Waals surface area (Å²) in [5.74, 6) is 0.0717. The fourth-order valence-corrected chi connectivity index (χ4v) is 2.59. The molecule has 2 heterocycles. The van der Waals surface area contributed by atoms with E-state index in [1.54, 1.807) is 6.07 Å². The molecule has 18 heavy (non-hydrogen) atoms. The largest absolute Gasteiger partial charge is 0.465 e. The summed E-state index contributed by atoms with van der Waals surface area (Å²) >= 11 is 3.27. The Morgan fingerprint density at radius 2 is 2.11 bits per heavy atom. The van der Waals surface area contributed by atoms with Crippen LogP contribution in [0.25, 0.3) is 0 Å². The molecule has 2 rings (SSSR count). The summed E-state index contributed by atoms with van der Waals surface area (Å²) in [6.07, 6.45) is -0.175. The van der Waals surface area contributed by atoms with Crippen molar-refractivity contribution in [1.82, 2.24) is 9.88 Å². The molecule has 0 spiro atoms. The molecule has 1 aromatic rings. The molecule has 1 unspecified atom stereocenters. The second kappa shape index (κ2) is 5.67. The molecule has 1 atom stereocenters. The van der Waals surface area contributed by atoms with E-state index in [-0.39, 0.29) is 5.92 Å². The number of piperidine rings is 1. The van der Waals surface area contributed by atoms with Crippen molar-refractivity contribution in [3.05, 3.63) is 28.5 Å². The Labute approximate surface area is 114 Å². The summed E-state index contributed by atoms with van der Waals surface area (Å²) in [6.45, 7) is 0.954. The summed E-state index contributed by atoms with van der Waals surface area (Å²) in [6, 6.07) is 5.43. The van der Waals surface area contributed by atoms with Gasteiger partial charge in [0.1, 0.15) is 4.60 Å². The molecular formula is C12H15BrN2O3. The van der Waals surface area contributed by atoms with Crippen LogP contribution in [0.4, 0.5) is 4.79 Å². The molecule has 2 N–H and O–H groups in total. The molecule has 98 valence electrons. The fourth-order valence-electron chi connectivity index (χ4n) is 2.24. The number of pyridine rings is 1. The van der Waals surface area contributed by atoms with Gasteiger partial charge in [0.2, 0.25) is 0 Å². The van der Waals surface area contributed by atoms with Crippen LogP contribution in [-0.2, 0) is 0 Å². The molecule has 6 heteroatoms. The fraction of sp³-hybridized carbons (Fsp3) is 0.500. The Morgan fingerprint density at radius 1 is 1.44 bits per heavy atom. The predicted octanol–water partition coefficient (Wildman–Crippen LogP) is 2.27. The first-order valence-corrected chi connectivity index (χ1v) is 6.65. The SMILES string of the molecule is O=C(O)N1CCC(C(O)c2cccc(Br)n2)CC1. The molecular weight excluding hydrogens is 300 g/mol. The van der Waals surface area contributed by atoms with E-state index in [1.807, 2.05) is 12.1 Å². The first-order valence-electron chi connectivity index (χ1n) is 5.86. The molecule has 1 amide bonds. The maximum absolute atomic E-state index is 10.8. The van der Waals surface area contributed by atoms with E-state index < -0.39 is 12.2 Å². The van der Waals surface area contributed by atoms with Gasteiger partial charge in [-0.05, 0) is 46.8 Å². The predicted molar refractivity (Wildman–Crippen MR) is 69.2 cm³/mol. The van der Waals surface area contributed by atoms with Gasteiger partial charge in [-0.25, -0.2) is 9.78 Å². The second-order valence-corrected chi connectivity index (χ2v) is 5.25. The summed E-state index contributed by atoms with van der Waals surface area (Å²) in [5.41, 5.74) is 0.637. The van der Waals surface area contributed by atoms with Gasteiger partial charge in [0.05, 0.1) is 11.8 Å². The lowest BCUT2D eigenvalue weighted by Crippen LogP contribution is -2.38. The van der Waals surface area contributed by atoms with E-state index in [2.05, 4.69) is 20.9 Å². The zero-order valence-corrected chi connectivity index (χ0v) is 11.4. The van der Waals surface area contributed by atoms with Crippen molar-refractivity contribution in [2.24, 2.45) is 5.92 Å². The number of halogens is 1. The van der Waals surface area contributed by atoms with Crippen molar-refractivity contribution in [3.8, 4) is 0 Å². The summed E-state index contributed by atoms with van der Waals surface area (Å²) in [7, 11) is 0. The molecule has 1 aliphatic heterocycles. The number of aliphatic hydroxyl groups excluding tert-OH is 1. The standard InChI is InChI=1S/C12H15BrN2O3/c13-10-3-1-2-9(14-10)11(16)8-4-6-15(7-5-8)12(17)18/h1-3,8,11,16H,4-7H2,(H,17,18). The van der Waals surface area contributed by atoms with E-state index in [1.165, 1.54) is 4.90 Å². The molecule has 0 saturated carbocycles. The maximum Gasteiger partial charge on any atom is 0.407 e. The van der Waals surface area contributed by atoms with Crippen molar-refractivity contribution in [1.29, 1.82) is 0 Å². The molecule has 1 fully saturated rings. The Bertz CT molecular complexity index is 433. The van der Waals surface area contributed by atoms with E-state index in [4.69, 9.17) is 5.11 Å². The highest BCUT2D eigenvalue weighted by atomic mass is 79.9. The average molecular weight is 315 g/mol. The van der Waals surface area contributed by atoms with E-state index in [9.17, 15) is 9.90 Å². The second-order valence-electron chi connectivity index (χ2n) is 4.44. The van der Waals surface area contributed by atoms with Gasteiger partial charge in [-0.1, -0.05) is 6.07 Å². The smallest absolute Gasteiger partial charge is 0.407 e. The number of hydrogen-bond donors (Lipinski definition) is 2. The zero-order valence-electron chi connectivity index (χ0n) is 9.79. The van der Waals surface area contributed by atoms with Gasteiger partial charge in [-0.15, -0.1) is 0 Å². The van der Waals surface area contributed by atoms with Gasteiger partial charge in [-0.3, -0.25) is 0 Å². The van der Waals surface area contributed by atoms with Crippen LogP contribution in [0, 0.1) is 5.92 Å². The van der Waals surface area contributed by atoms with Crippen molar-refractivity contribution in [3.63, 3.8) is 0 Å². The molecule has 5 nitrogen and oxygen atoms in total. The number of aliphatic hydroxyl groups is 1.